The second kappa shape index (κ2) is 8.32. The van der Waals surface area contributed by atoms with Crippen molar-refractivity contribution in [2.45, 2.75) is 33.6 Å². The summed E-state index contributed by atoms with van der Waals surface area (Å²) >= 11 is 0. The van der Waals surface area contributed by atoms with Crippen molar-refractivity contribution >= 4 is 0 Å². The van der Waals surface area contributed by atoms with Gasteiger partial charge in [-0.1, -0.05) is 63.6 Å². The van der Waals surface area contributed by atoms with Gasteiger partial charge in [-0.3, -0.25) is 0 Å². The van der Waals surface area contributed by atoms with Crippen LogP contribution in [0.15, 0.2) is 36.5 Å². The Balaban J connectivity index is 3.49. The van der Waals surface area contributed by atoms with E-state index in [1.54, 1.807) is 0 Å². The number of allylic oxidation sites excluding steroid dienone is 6. The van der Waals surface area contributed by atoms with Crippen LogP contribution in [0.5, 0.6) is 0 Å². The molecule has 0 aliphatic heterocycles. The van der Waals surface area contributed by atoms with Gasteiger partial charge in [-0.15, -0.1) is 0 Å². The van der Waals surface area contributed by atoms with Crippen molar-refractivity contribution in [3.8, 4) is 0 Å². The van der Waals surface area contributed by atoms with Gasteiger partial charge in [0.15, 0.2) is 0 Å². The molecule has 0 rings (SSSR count). The Morgan fingerprint density at radius 3 is 2.25 bits per heavy atom. The van der Waals surface area contributed by atoms with E-state index in [9.17, 15) is 0 Å². The summed E-state index contributed by atoms with van der Waals surface area (Å²) in [5, 5.41) is 0. The Hall–Kier alpha value is -0.780. The van der Waals surface area contributed by atoms with Crippen LogP contribution in [0.3, 0.4) is 0 Å². The second-order valence-electron chi connectivity index (χ2n) is 3.23. The van der Waals surface area contributed by atoms with E-state index >= 15 is 0 Å². The van der Waals surface area contributed by atoms with Crippen molar-refractivity contribution in [3.63, 3.8) is 0 Å². The van der Waals surface area contributed by atoms with Gasteiger partial charge >= 0.3 is 0 Å². The molecule has 12 heavy (non-hydrogen) atoms. The molecule has 0 spiro atoms. The molecular formula is C12H20. The maximum Gasteiger partial charge on any atom is -0.0287 e. The van der Waals surface area contributed by atoms with Gasteiger partial charge in [-0.2, -0.15) is 0 Å². The van der Waals surface area contributed by atoms with E-state index in [0.717, 1.165) is 0 Å². The summed E-state index contributed by atoms with van der Waals surface area (Å²) in [6.07, 6.45) is 15.1. The maximum atomic E-state index is 2.19. The maximum absolute atomic E-state index is 2.19. The Bertz CT molecular complexity index is 159. The molecule has 0 N–H and O–H groups in total. The van der Waals surface area contributed by atoms with Crippen LogP contribution < -0.4 is 0 Å². The van der Waals surface area contributed by atoms with Crippen LogP contribution in [0.1, 0.15) is 33.6 Å². The van der Waals surface area contributed by atoms with Crippen LogP contribution in [0.4, 0.5) is 0 Å². The smallest absolute Gasteiger partial charge is 0.0287 e. The van der Waals surface area contributed by atoms with E-state index in [4.69, 9.17) is 0 Å². The van der Waals surface area contributed by atoms with E-state index in [1.807, 2.05) is 0 Å². The van der Waals surface area contributed by atoms with Gasteiger partial charge in [0.2, 0.25) is 0 Å². The lowest BCUT2D eigenvalue weighted by atomic mass is 10.2. The molecular weight excluding hydrogens is 144 g/mol. The standard InChI is InChI=1S/C12H20/c1-4-5-6-7-8-9-10-11-12(2)3/h6-12H,4-5H2,1-3H3. The number of hydrogen-bond donors (Lipinski definition) is 0. The van der Waals surface area contributed by atoms with Gasteiger partial charge in [0, 0.05) is 0 Å². The lowest BCUT2D eigenvalue weighted by molar-refractivity contribution is 0.832. The van der Waals surface area contributed by atoms with Crippen LogP contribution in [-0.4, -0.2) is 0 Å². The molecule has 0 saturated heterocycles. The highest BCUT2D eigenvalue weighted by atomic mass is 13.8. The lowest BCUT2D eigenvalue weighted by Gasteiger charge is -1.88. The molecule has 0 aromatic heterocycles. The monoisotopic (exact) mass is 164 g/mol. The SMILES string of the molecule is CCCC=CC=CC=CC(C)C. The van der Waals surface area contributed by atoms with Gasteiger partial charge in [0.25, 0.3) is 0 Å². The molecule has 0 aliphatic rings. The summed E-state index contributed by atoms with van der Waals surface area (Å²) in [4.78, 5) is 0. The van der Waals surface area contributed by atoms with Crippen molar-refractivity contribution in [2.24, 2.45) is 5.92 Å². The van der Waals surface area contributed by atoms with Gasteiger partial charge < -0.3 is 0 Å². The fourth-order valence-electron chi connectivity index (χ4n) is 0.756. The van der Waals surface area contributed by atoms with Gasteiger partial charge in [-0.05, 0) is 12.3 Å². The average Bonchev–Trinajstić information content (AvgIpc) is 2.02. The largest absolute Gasteiger partial charge is 0.0845 e. The highest BCUT2D eigenvalue weighted by molar-refractivity contribution is 5.11. The normalized spacial score (nSPS) is 13.0. The first-order valence-corrected chi connectivity index (χ1v) is 4.77. The molecule has 0 saturated carbocycles. The highest BCUT2D eigenvalue weighted by Crippen LogP contribution is 1.94. The van der Waals surface area contributed by atoms with Crippen molar-refractivity contribution in [1.82, 2.24) is 0 Å². The summed E-state index contributed by atoms with van der Waals surface area (Å²) in [7, 11) is 0. The van der Waals surface area contributed by atoms with Crippen molar-refractivity contribution in [2.75, 3.05) is 0 Å². The quantitative estimate of drug-likeness (QED) is 0.536. The first-order chi connectivity index (χ1) is 5.77. The number of rotatable bonds is 5. The van der Waals surface area contributed by atoms with Gasteiger partial charge in [0.05, 0.1) is 0 Å². The molecule has 0 aromatic carbocycles. The molecule has 0 fully saturated rings. The van der Waals surface area contributed by atoms with Crippen molar-refractivity contribution in [3.05, 3.63) is 36.5 Å². The molecule has 0 bridgehead atoms. The molecule has 0 nitrogen and oxygen atoms in total. The molecule has 0 radical (unpaired) electrons. The zero-order valence-electron chi connectivity index (χ0n) is 8.46. The minimum atomic E-state index is 0.647. The molecule has 0 unspecified atom stereocenters. The molecule has 0 aliphatic carbocycles. The van der Waals surface area contributed by atoms with E-state index in [-0.39, 0.29) is 0 Å². The summed E-state index contributed by atoms with van der Waals surface area (Å²) in [5.74, 6) is 0.647. The van der Waals surface area contributed by atoms with Crippen molar-refractivity contribution in [1.29, 1.82) is 0 Å². The van der Waals surface area contributed by atoms with Crippen molar-refractivity contribution < 1.29 is 0 Å². The summed E-state index contributed by atoms with van der Waals surface area (Å²) in [5.41, 5.74) is 0. The summed E-state index contributed by atoms with van der Waals surface area (Å²) in [6, 6.07) is 0. The predicted molar refractivity (Wildman–Crippen MR) is 57.2 cm³/mol. The molecule has 0 heterocycles. The fourth-order valence-corrected chi connectivity index (χ4v) is 0.756. The molecule has 0 atom stereocenters. The highest BCUT2D eigenvalue weighted by Gasteiger charge is 1.78. The Kier molecular flexibility index (Phi) is 7.78. The van der Waals surface area contributed by atoms with Gasteiger partial charge in [-0.25, -0.2) is 0 Å². The van der Waals surface area contributed by atoms with E-state index < -0.39 is 0 Å². The van der Waals surface area contributed by atoms with Crippen LogP contribution in [-0.2, 0) is 0 Å². The molecule has 0 aromatic rings. The Morgan fingerprint density at radius 2 is 1.67 bits per heavy atom. The third kappa shape index (κ3) is 9.22. The van der Waals surface area contributed by atoms with E-state index in [1.165, 1.54) is 12.8 Å². The fraction of sp³-hybridized carbons (Fsp3) is 0.500. The summed E-state index contributed by atoms with van der Waals surface area (Å²) < 4.78 is 0. The first kappa shape index (κ1) is 11.2. The zero-order valence-corrected chi connectivity index (χ0v) is 8.46. The topological polar surface area (TPSA) is 0 Å². The van der Waals surface area contributed by atoms with Crippen LogP contribution in [0, 0.1) is 5.92 Å². The minimum Gasteiger partial charge on any atom is -0.0845 e. The van der Waals surface area contributed by atoms with Crippen LogP contribution in [0.25, 0.3) is 0 Å². The van der Waals surface area contributed by atoms with Crippen LogP contribution >= 0.6 is 0 Å². The molecule has 68 valence electrons. The van der Waals surface area contributed by atoms with Crippen LogP contribution in [0.2, 0.25) is 0 Å². The Morgan fingerprint density at radius 1 is 1.00 bits per heavy atom. The van der Waals surface area contributed by atoms with E-state index in [0.29, 0.717) is 5.92 Å². The number of unbranched alkanes of at least 4 members (excludes halogenated alkanes) is 1. The lowest BCUT2D eigenvalue weighted by Crippen LogP contribution is -1.74. The third-order valence-electron chi connectivity index (χ3n) is 1.42. The average molecular weight is 164 g/mol. The third-order valence-corrected chi connectivity index (χ3v) is 1.42. The second-order valence-corrected chi connectivity index (χ2v) is 3.23. The first-order valence-electron chi connectivity index (χ1n) is 4.77. The predicted octanol–water partition coefficient (Wildman–Crippen LogP) is 4.11. The molecule has 0 amide bonds. The molecule has 0 heteroatoms. The number of hydrogen-bond acceptors (Lipinski definition) is 0. The van der Waals surface area contributed by atoms with E-state index in [2.05, 4.69) is 57.2 Å². The Labute approximate surface area is 76.7 Å². The minimum absolute atomic E-state index is 0.647. The van der Waals surface area contributed by atoms with Gasteiger partial charge in [0.1, 0.15) is 0 Å². The summed E-state index contributed by atoms with van der Waals surface area (Å²) in [6.45, 7) is 6.54. The zero-order chi connectivity index (χ0) is 9.23.